The number of rotatable bonds is 11. The first kappa shape index (κ1) is 31.3. The molecule has 11 heteroatoms. The molecule has 0 radical (unpaired) electrons. The topological polar surface area (TPSA) is 96.0 Å². The Labute approximate surface area is 251 Å². The van der Waals surface area contributed by atoms with Crippen molar-refractivity contribution in [3.8, 4) is 5.75 Å². The molecule has 1 fully saturated rings. The van der Waals surface area contributed by atoms with Crippen molar-refractivity contribution >= 4 is 39.1 Å². The van der Waals surface area contributed by atoms with Crippen LogP contribution in [-0.2, 0) is 26.2 Å². The first-order valence-corrected chi connectivity index (χ1v) is 15.7. The molecule has 0 unspecified atom stereocenters. The highest BCUT2D eigenvalue weighted by atomic mass is 35.5. The lowest BCUT2D eigenvalue weighted by atomic mass is 9.95. The smallest absolute Gasteiger partial charge is 0.264 e. The summed E-state index contributed by atoms with van der Waals surface area (Å²) in [6.45, 7) is 1.07. The molecule has 2 amide bonds. The van der Waals surface area contributed by atoms with Gasteiger partial charge in [0.25, 0.3) is 10.0 Å². The summed E-state index contributed by atoms with van der Waals surface area (Å²) in [6.07, 6.45) is 4.94. The number of carbonyl (C=O) groups excluding carboxylic acids is 2. The molecule has 8 nitrogen and oxygen atoms in total. The molecule has 0 aliphatic heterocycles. The number of amides is 2. The SMILES string of the molecule is COc1ccc(S(=O)(=O)N(CC(=O)N(Cc2ccc(Cl)cc2)[C@H](C)C(=O)NC2CCCCC2)c2ccc(F)cc2)cc1. The molecule has 0 heterocycles. The third-order valence-electron chi connectivity index (χ3n) is 7.43. The van der Waals surface area contributed by atoms with E-state index in [0.717, 1.165) is 54.1 Å². The third-order valence-corrected chi connectivity index (χ3v) is 9.47. The monoisotopic (exact) mass is 615 g/mol. The molecule has 1 saturated carbocycles. The van der Waals surface area contributed by atoms with Gasteiger partial charge in [0.05, 0.1) is 17.7 Å². The Bertz CT molecular complexity index is 1460. The van der Waals surface area contributed by atoms with Gasteiger partial charge in [-0.3, -0.25) is 13.9 Å². The van der Waals surface area contributed by atoms with Crippen molar-refractivity contribution in [2.24, 2.45) is 0 Å². The largest absolute Gasteiger partial charge is 0.497 e. The molecule has 1 atom stereocenters. The molecule has 1 aliphatic carbocycles. The highest BCUT2D eigenvalue weighted by Crippen LogP contribution is 2.26. The summed E-state index contributed by atoms with van der Waals surface area (Å²) in [7, 11) is -2.81. The number of sulfonamides is 1. The van der Waals surface area contributed by atoms with Crippen molar-refractivity contribution in [1.29, 1.82) is 0 Å². The first-order valence-electron chi connectivity index (χ1n) is 13.8. The van der Waals surface area contributed by atoms with E-state index in [2.05, 4.69) is 5.32 Å². The molecule has 0 spiro atoms. The van der Waals surface area contributed by atoms with Crippen LogP contribution in [0, 0.1) is 5.82 Å². The van der Waals surface area contributed by atoms with Crippen LogP contribution < -0.4 is 14.4 Å². The summed E-state index contributed by atoms with van der Waals surface area (Å²) in [6, 6.07) is 16.6. The number of hydrogen-bond acceptors (Lipinski definition) is 5. The molecule has 3 aromatic rings. The van der Waals surface area contributed by atoms with E-state index in [0.29, 0.717) is 10.8 Å². The van der Waals surface area contributed by atoms with Gasteiger partial charge in [0.15, 0.2) is 0 Å². The van der Waals surface area contributed by atoms with Gasteiger partial charge in [0.1, 0.15) is 24.2 Å². The van der Waals surface area contributed by atoms with Crippen molar-refractivity contribution in [2.45, 2.75) is 62.6 Å². The van der Waals surface area contributed by atoms with E-state index in [1.807, 2.05) is 0 Å². The summed E-state index contributed by atoms with van der Waals surface area (Å²) >= 11 is 6.05. The third kappa shape index (κ3) is 7.80. The van der Waals surface area contributed by atoms with Gasteiger partial charge >= 0.3 is 0 Å². The Hall–Kier alpha value is -3.63. The van der Waals surface area contributed by atoms with Crippen LogP contribution in [0.1, 0.15) is 44.6 Å². The van der Waals surface area contributed by atoms with E-state index in [1.54, 1.807) is 31.2 Å². The van der Waals surface area contributed by atoms with Crippen LogP contribution in [0.4, 0.5) is 10.1 Å². The van der Waals surface area contributed by atoms with Crippen LogP contribution in [-0.4, -0.2) is 50.9 Å². The minimum Gasteiger partial charge on any atom is -0.497 e. The first-order chi connectivity index (χ1) is 20.1. The number of nitrogens with zero attached hydrogens (tertiary/aromatic N) is 2. The lowest BCUT2D eigenvalue weighted by Gasteiger charge is -2.33. The highest BCUT2D eigenvalue weighted by molar-refractivity contribution is 7.92. The number of methoxy groups -OCH3 is 1. The minimum absolute atomic E-state index is 0.0346. The molecule has 0 saturated heterocycles. The van der Waals surface area contributed by atoms with Gasteiger partial charge in [-0.15, -0.1) is 0 Å². The molecule has 1 aliphatic rings. The number of halogens is 2. The maximum atomic E-state index is 14.0. The average molecular weight is 616 g/mol. The molecule has 0 bridgehead atoms. The fourth-order valence-electron chi connectivity index (χ4n) is 4.95. The van der Waals surface area contributed by atoms with E-state index in [9.17, 15) is 22.4 Å². The predicted molar refractivity (Wildman–Crippen MR) is 160 cm³/mol. The van der Waals surface area contributed by atoms with Crippen LogP contribution in [0.3, 0.4) is 0 Å². The minimum atomic E-state index is -4.28. The summed E-state index contributed by atoms with van der Waals surface area (Å²) < 4.78 is 47.6. The average Bonchev–Trinajstić information content (AvgIpc) is 3.00. The van der Waals surface area contributed by atoms with Crippen LogP contribution in [0.5, 0.6) is 5.75 Å². The second kappa shape index (κ2) is 14.0. The van der Waals surface area contributed by atoms with Crippen LogP contribution >= 0.6 is 11.6 Å². The second-order valence-electron chi connectivity index (χ2n) is 10.3. The molecular weight excluding hydrogens is 581 g/mol. The van der Waals surface area contributed by atoms with Gasteiger partial charge in [-0.05, 0) is 86.0 Å². The molecule has 224 valence electrons. The van der Waals surface area contributed by atoms with Crippen molar-refractivity contribution in [3.05, 3.63) is 89.2 Å². The maximum Gasteiger partial charge on any atom is 0.264 e. The van der Waals surface area contributed by atoms with Crippen LogP contribution in [0.2, 0.25) is 5.02 Å². The van der Waals surface area contributed by atoms with E-state index in [1.165, 1.54) is 48.4 Å². The maximum absolute atomic E-state index is 14.0. The number of nitrogens with one attached hydrogen (secondary N) is 1. The molecule has 0 aromatic heterocycles. The Morgan fingerprint density at radius 3 is 2.19 bits per heavy atom. The second-order valence-corrected chi connectivity index (χ2v) is 12.6. The molecule has 3 aromatic carbocycles. The van der Waals surface area contributed by atoms with Gasteiger partial charge in [-0.2, -0.15) is 0 Å². The Morgan fingerprint density at radius 2 is 1.60 bits per heavy atom. The molecule has 4 rings (SSSR count). The van der Waals surface area contributed by atoms with Crippen molar-refractivity contribution in [2.75, 3.05) is 18.0 Å². The Balaban J connectivity index is 1.66. The van der Waals surface area contributed by atoms with Crippen molar-refractivity contribution < 1.29 is 27.1 Å². The normalized spacial score (nSPS) is 14.6. The summed E-state index contributed by atoms with van der Waals surface area (Å²) in [4.78, 5) is 28.6. The fourth-order valence-corrected chi connectivity index (χ4v) is 6.49. The fraction of sp³-hybridized carbons (Fsp3) is 0.355. The van der Waals surface area contributed by atoms with Crippen molar-refractivity contribution in [3.63, 3.8) is 0 Å². The summed E-state index contributed by atoms with van der Waals surface area (Å²) in [5.41, 5.74) is 0.822. The Morgan fingerprint density at radius 1 is 0.976 bits per heavy atom. The number of ether oxygens (including phenoxy) is 1. The Kier molecular flexibility index (Phi) is 10.5. The lowest BCUT2D eigenvalue weighted by molar-refractivity contribution is -0.139. The number of carbonyl (C=O) groups is 2. The molecule has 42 heavy (non-hydrogen) atoms. The zero-order chi connectivity index (χ0) is 30.3. The standard InChI is InChI=1S/C31H35ClFN3O5S/c1-22(31(38)34-26-6-4-3-5-7-26)35(20-23-8-10-24(32)11-9-23)30(37)21-36(27-14-12-25(33)13-15-27)42(39,40)29-18-16-28(41-2)17-19-29/h8-19,22,26H,3-7,20-21H2,1-2H3,(H,34,38)/t22-/m1/s1. The van der Waals surface area contributed by atoms with E-state index < -0.39 is 34.3 Å². The van der Waals surface area contributed by atoms with E-state index in [4.69, 9.17) is 16.3 Å². The zero-order valence-corrected chi connectivity index (χ0v) is 25.2. The number of hydrogen-bond donors (Lipinski definition) is 1. The number of anilines is 1. The summed E-state index contributed by atoms with van der Waals surface area (Å²) in [5.74, 6) is -0.997. The van der Waals surface area contributed by atoms with Gasteiger partial charge in [0, 0.05) is 17.6 Å². The van der Waals surface area contributed by atoms with Gasteiger partial charge in [0.2, 0.25) is 11.8 Å². The van der Waals surface area contributed by atoms with Crippen LogP contribution in [0.15, 0.2) is 77.7 Å². The number of benzene rings is 3. The van der Waals surface area contributed by atoms with Crippen molar-refractivity contribution in [1.82, 2.24) is 10.2 Å². The highest BCUT2D eigenvalue weighted by Gasteiger charge is 2.33. The predicted octanol–water partition coefficient (Wildman–Crippen LogP) is 5.55. The van der Waals surface area contributed by atoms with Gasteiger partial charge in [-0.25, -0.2) is 12.8 Å². The molecular formula is C31H35ClFN3O5S. The summed E-state index contributed by atoms with van der Waals surface area (Å²) in [5, 5.41) is 3.59. The zero-order valence-electron chi connectivity index (χ0n) is 23.6. The van der Waals surface area contributed by atoms with E-state index >= 15 is 0 Å². The quantitative estimate of drug-likeness (QED) is 0.305. The molecule has 1 N–H and O–H groups in total. The lowest BCUT2D eigenvalue weighted by Crippen LogP contribution is -2.53. The van der Waals surface area contributed by atoms with Gasteiger partial charge < -0.3 is 15.0 Å². The van der Waals surface area contributed by atoms with Crippen LogP contribution in [0.25, 0.3) is 0 Å². The van der Waals surface area contributed by atoms with Gasteiger partial charge in [-0.1, -0.05) is 43.0 Å². The van der Waals surface area contributed by atoms with E-state index in [-0.39, 0.29) is 29.1 Å².